The van der Waals surface area contributed by atoms with E-state index in [2.05, 4.69) is 10.1 Å². The van der Waals surface area contributed by atoms with Crippen molar-refractivity contribution in [3.05, 3.63) is 47.5 Å². The Balaban J connectivity index is 1.70. The van der Waals surface area contributed by atoms with Gasteiger partial charge in [0, 0.05) is 23.1 Å². The molecule has 6 nitrogen and oxygen atoms in total. The number of ether oxygens (including phenoxy) is 2. The summed E-state index contributed by atoms with van der Waals surface area (Å²) in [5, 5.41) is 4.13. The lowest BCUT2D eigenvalue weighted by Crippen LogP contribution is -1.98. The Morgan fingerprint density at radius 3 is 2.59 bits per heavy atom. The van der Waals surface area contributed by atoms with Crippen molar-refractivity contribution in [1.82, 2.24) is 10.1 Å². The predicted octanol–water partition coefficient (Wildman–Crippen LogP) is 4.33. The number of nitrogens with zero attached hydrogens (tertiary/aromatic N) is 2. The Kier molecular flexibility index (Phi) is 4.62. The molecule has 1 aliphatic rings. The number of fused-ring (bicyclic) bond motifs is 1. The zero-order valence-corrected chi connectivity index (χ0v) is 15.3. The first-order chi connectivity index (χ1) is 13.2. The van der Waals surface area contributed by atoms with Gasteiger partial charge in [-0.2, -0.15) is 4.98 Å². The SMILES string of the molecule is CCOc1ccc(-c2nc(-c3cccc4c3CCC4=O)no2)cc1OCC. The Hall–Kier alpha value is -3.15. The maximum Gasteiger partial charge on any atom is 0.258 e. The van der Waals surface area contributed by atoms with E-state index < -0.39 is 0 Å². The summed E-state index contributed by atoms with van der Waals surface area (Å²) in [4.78, 5) is 16.5. The minimum absolute atomic E-state index is 0.170. The quantitative estimate of drug-likeness (QED) is 0.648. The van der Waals surface area contributed by atoms with Crippen molar-refractivity contribution < 1.29 is 18.8 Å². The number of hydrogen-bond donors (Lipinski definition) is 0. The van der Waals surface area contributed by atoms with Crippen molar-refractivity contribution in [2.45, 2.75) is 26.7 Å². The molecule has 4 rings (SSSR count). The number of carbonyl (C=O) groups excluding carboxylic acids is 1. The molecule has 0 spiro atoms. The van der Waals surface area contributed by atoms with Gasteiger partial charge in [0.25, 0.3) is 5.89 Å². The number of carbonyl (C=O) groups is 1. The third-order valence-electron chi connectivity index (χ3n) is 4.54. The molecule has 0 bridgehead atoms. The lowest BCUT2D eigenvalue weighted by atomic mass is 10.0. The van der Waals surface area contributed by atoms with Crippen molar-refractivity contribution in [3.63, 3.8) is 0 Å². The van der Waals surface area contributed by atoms with E-state index in [1.165, 1.54) is 0 Å². The zero-order chi connectivity index (χ0) is 18.8. The molecule has 0 saturated heterocycles. The first kappa shape index (κ1) is 17.3. The summed E-state index contributed by atoms with van der Waals surface area (Å²) in [5.74, 6) is 2.38. The molecule has 2 aromatic carbocycles. The van der Waals surface area contributed by atoms with Crippen molar-refractivity contribution >= 4 is 5.78 Å². The van der Waals surface area contributed by atoms with Gasteiger partial charge in [0.05, 0.1) is 13.2 Å². The van der Waals surface area contributed by atoms with Crippen LogP contribution in [0.25, 0.3) is 22.8 Å². The van der Waals surface area contributed by atoms with Crippen LogP contribution >= 0.6 is 0 Å². The molecule has 0 saturated carbocycles. The van der Waals surface area contributed by atoms with Gasteiger partial charge in [-0.25, -0.2) is 0 Å². The van der Waals surface area contributed by atoms with Gasteiger partial charge in [-0.1, -0.05) is 23.4 Å². The summed E-state index contributed by atoms with van der Waals surface area (Å²) in [6.07, 6.45) is 1.25. The fraction of sp³-hybridized carbons (Fsp3) is 0.286. The first-order valence-corrected chi connectivity index (χ1v) is 9.10. The predicted molar refractivity (Wildman–Crippen MR) is 100 cm³/mol. The summed E-state index contributed by atoms with van der Waals surface area (Å²) in [6, 6.07) is 11.2. The van der Waals surface area contributed by atoms with Gasteiger partial charge >= 0.3 is 0 Å². The van der Waals surface area contributed by atoms with Crippen LogP contribution in [0, 0.1) is 0 Å². The second-order valence-corrected chi connectivity index (χ2v) is 6.21. The molecule has 0 atom stereocenters. The molecule has 0 N–H and O–H groups in total. The molecule has 27 heavy (non-hydrogen) atoms. The first-order valence-electron chi connectivity index (χ1n) is 9.10. The molecule has 1 heterocycles. The van der Waals surface area contributed by atoms with Crippen LogP contribution in [0.1, 0.15) is 36.2 Å². The van der Waals surface area contributed by atoms with Gasteiger partial charge in [-0.3, -0.25) is 4.79 Å². The monoisotopic (exact) mass is 364 g/mol. The number of rotatable bonds is 6. The van der Waals surface area contributed by atoms with Crippen LogP contribution < -0.4 is 9.47 Å². The van der Waals surface area contributed by atoms with E-state index in [1.54, 1.807) is 0 Å². The van der Waals surface area contributed by atoms with Gasteiger partial charge < -0.3 is 14.0 Å². The van der Waals surface area contributed by atoms with Crippen LogP contribution in [-0.2, 0) is 6.42 Å². The van der Waals surface area contributed by atoms with Gasteiger partial charge in [0.1, 0.15) is 0 Å². The molecule has 0 unspecified atom stereocenters. The van der Waals surface area contributed by atoms with Crippen LogP contribution in [0.2, 0.25) is 0 Å². The van der Waals surface area contributed by atoms with E-state index in [0.29, 0.717) is 49.3 Å². The third-order valence-corrected chi connectivity index (χ3v) is 4.54. The normalized spacial score (nSPS) is 12.9. The fourth-order valence-corrected chi connectivity index (χ4v) is 3.33. The van der Waals surface area contributed by atoms with Crippen LogP contribution in [0.5, 0.6) is 11.5 Å². The van der Waals surface area contributed by atoms with Crippen molar-refractivity contribution in [3.8, 4) is 34.3 Å². The smallest absolute Gasteiger partial charge is 0.258 e. The molecular weight excluding hydrogens is 344 g/mol. The number of hydrogen-bond acceptors (Lipinski definition) is 6. The summed E-state index contributed by atoms with van der Waals surface area (Å²) in [5.41, 5.74) is 3.36. The average Bonchev–Trinajstić information content (AvgIpc) is 3.31. The highest BCUT2D eigenvalue weighted by Crippen LogP contribution is 2.35. The molecular formula is C21H20N2O4. The third kappa shape index (κ3) is 3.18. The van der Waals surface area contributed by atoms with E-state index >= 15 is 0 Å². The van der Waals surface area contributed by atoms with Crippen LogP contribution in [-0.4, -0.2) is 29.1 Å². The maximum atomic E-state index is 12.0. The van der Waals surface area contributed by atoms with Crippen LogP contribution in [0.4, 0.5) is 0 Å². The maximum absolute atomic E-state index is 12.0. The fourth-order valence-electron chi connectivity index (χ4n) is 3.33. The van der Waals surface area contributed by atoms with E-state index in [4.69, 9.17) is 14.0 Å². The van der Waals surface area contributed by atoms with Crippen LogP contribution in [0.3, 0.4) is 0 Å². The molecule has 0 amide bonds. The van der Waals surface area contributed by atoms with Gasteiger partial charge in [-0.15, -0.1) is 0 Å². The highest BCUT2D eigenvalue weighted by Gasteiger charge is 2.24. The van der Waals surface area contributed by atoms with E-state index in [1.807, 2.05) is 50.2 Å². The summed E-state index contributed by atoms with van der Waals surface area (Å²) in [7, 11) is 0. The second kappa shape index (κ2) is 7.23. The summed E-state index contributed by atoms with van der Waals surface area (Å²) >= 11 is 0. The molecule has 0 radical (unpaired) electrons. The lowest BCUT2D eigenvalue weighted by molar-refractivity contribution is 0.0994. The molecule has 138 valence electrons. The van der Waals surface area contributed by atoms with Gasteiger partial charge in [-0.05, 0) is 44.0 Å². The summed E-state index contributed by atoms with van der Waals surface area (Å²) < 4.78 is 16.7. The van der Waals surface area contributed by atoms with Gasteiger partial charge in [0.2, 0.25) is 5.82 Å². The highest BCUT2D eigenvalue weighted by atomic mass is 16.5. The minimum Gasteiger partial charge on any atom is -0.490 e. The van der Waals surface area contributed by atoms with Crippen molar-refractivity contribution in [1.29, 1.82) is 0 Å². The number of Topliss-reactive ketones (excluding diaryl/α,β-unsaturated/α-hetero) is 1. The molecule has 0 aliphatic heterocycles. The summed E-state index contributed by atoms with van der Waals surface area (Å²) in [6.45, 7) is 4.94. The van der Waals surface area contributed by atoms with Crippen molar-refractivity contribution in [2.24, 2.45) is 0 Å². The number of benzene rings is 2. The van der Waals surface area contributed by atoms with Gasteiger partial charge in [0.15, 0.2) is 17.3 Å². The van der Waals surface area contributed by atoms with Crippen LogP contribution in [0.15, 0.2) is 40.9 Å². The molecule has 1 aromatic heterocycles. The van der Waals surface area contributed by atoms with E-state index in [-0.39, 0.29) is 5.78 Å². The molecule has 3 aromatic rings. The minimum atomic E-state index is 0.170. The standard InChI is InChI=1S/C21H20N2O4/c1-3-25-18-11-8-13(12-19(18)26-4-2)21-22-20(23-27-21)16-7-5-6-15-14(16)9-10-17(15)24/h5-8,11-12H,3-4,9-10H2,1-2H3. The van der Waals surface area contributed by atoms with E-state index in [9.17, 15) is 4.79 Å². The second-order valence-electron chi connectivity index (χ2n) is 6.21. The molecule has 6 heteroatoms. The molecule has 0 fully saturated rings. The average molecular weight is 364 g/mol. The molecule has 1 aliphatic carbocycles. The largest absolute Gasteiger partial charge is 0.490 e. The zero-order valence-electron chi connectivity index (χ0n) is 15.3. The Morgan fingerprint density at radius 2 is 1.78 bits per heavy atom. The topological polar surface area (TPSA) is 74.5 Å². The number of ketones is 1. The Morgan fingerprint density at radius 1 is 1.00 bits per heavy atom. The Labute approximate surface area is 157 Å². The van der Waals surface area contributed by atoms with E-state index in [0.717, 1.165) is 22.3 Å². The number of aromatic nitrogens is 2. The lowest BCUT2D eigenvalue weighted by Gasteiger charge is -2.11. The highest BCUT2D eigenvalue weighted by molar-refractivity contribution is 6.02. The Bertz CT molecular complexity index is 994. The van der Waals surface area contributed by atoms with Crippen molar-refractivity contribution in [2.75, 3.05) is 13.2 Å².